The topological polar surface area (TPSA) is 71.0 Å². The predicted octanol–water partition coefficient (Wildman–Crippen LogP) is 2.21. The predicted molar refractivity (Wildman–Crippen MR) is 90.3 cm³/mol. The lowest BCUT2D eigenvalue weighted by Gasteiger charge is -2.40. The van der Waals surface area contributed by atoms with Crippen molar-refractivity contribution in [1.82, 2.24) is 4.90 Å². The van der Waals surface area contributed by atoms with Crippen LogP contribution in [0.3, 0.4) is 0 Å². The summed E-state index contributed by atoms with van der Waals surface area (Å²) in [6.07, 6.45) is 3.30. The van der Waals surface area contributed by atoms with Crippen molar-refractivity contribution in [2.75, 3.05) is 13.1 Å². The Morgan fingerprint density at radius 3 is 2.83 bits per heavy atom. The Labute approximate surface area is 135 Å². The van der Waals surface area contributed by atoms with Gasteiger partial charge in [-0.25, -0.2) is 4.99 Å². The van der Waals surface area contributed by atoms with Gasteiger partial charge in [0, 0.05) is 31.0 Å². The van der Waals surface area contributed by atoms with E-state index in [0.29, 0.717) is 25.1 Å². The van der Waals surface area contributed by atoms with Crippen molar-refractivity contribution in [3.63, 3.8) is 0 Å². The highest BCUT2D eigenvalue weighted by atomic mass is 16.1. The number of piperidine rings is 1. The van der Waals surface area contributed by atoms with Crippen molar-refractivity contribution < 1.29 is 4.79 Å². The van der Waals surface area contributed by atoms with Crippen LogP contribution in [0.25, 0.3) is 0 Å². The van der Waals surface area contributed by atoms with Crippen LogP contribution >= 0.6 is 0 Å². The second-order valence-electron chi connectivity index (χ2n) is 6.32. The van der Waals surface area contributed by atoms with E-state index in [0.717, 1.165) is 36.5 Å². The third kappa shape index (κ3) is 2.36. The summed E-state index contributed by atoms with van der Waals surface area (Å²) >= 11 is 0. The molecule has 2 N–H and O–H groups in total. The number of hydrogen-bond donors (Lipinski definition) is 1. The second-order valence-corrected chi connectivity index (χ2v) is 6.32. The van der Waals surface area contributed by atoms with E-state index in [4.69, 9.17) is 10.8 Å². The minimum Gasteiger partial charge on any atom is -0.355 e. The summed E-state index contributed by atoms with van der Waals surface area (Å²) < 4.78 is 0. The number of Topliss-reactive ketones (excluding diaryl/α,β-unsaturated/α-hetero) is 1. The maximum absolute atomic E-state index is 12.3. The summed E-state index contributed by atoms with van der Waals surface area (Å²) in [5.74, 6) is 6.95. The standard InChI is InChI=1S/C18H20N4O/c19-21-15-8-9-16(23)17-14(15)11-22-10-4-7-13(18(22)20-17)12-5-2-1-3-6-12/h1-3,5-6,13H,4,7-11,19H2. The Balaban J connectivity index is 1.79. The zero-order valence-corrected chi connectivity index (χ0v) is 13.0. The van der Waals surface area contributed by atoms with Gasteiger partial charge in [-0.05, 0) is 24.8 Å². The lowest BCUT2D eigenvalue weighted by Crippen LogP contribution is -2.46. The number of hydrogen-bond acceptors (Lipinski definition) is 5. The minimum absolute atomic E-state index is 0.122. The first-order valence-electron chi connectivity index (χ1n) is 8.20. The van der Waals surface area contributed by atoms with Gasteiger partial charge in [-0.15, -0.1) is 0 Å². The molecule has 0 saturated carbocycles. The number of nitrogens with two attached hydrogens (primary N) is 1. The summed E-state index contributed by atoms with van der Waals surface area (Å²) in [6.45, 7) is 1.68. The van der Waals surface area contributed by atoms with Crippen molar-refractivity contribution in [3.8, 4) is 0 Å². The number of ketones is 1. The number of rotatable bonds is 1. The molecule has 5 nitrogen and oxygen atoms in total. The van der Waals surface area contributed by atoms with Crippen molar-refractivity contribution in [2.24, 2.45) is 15.9 Å². The molecule has 0 amide bonds. The second kappa shape index (κ2) is 5.65. The molecular weight excluding hydrogens is 288 g/mol. The van der Waals surface area contributed by atoms with E-state index in [2.05, 4.69) is 34.3 Å². The number of aliphatic imine (C=N–C) groups is 1. The van der Waals surface area contributed by atoms with Gasteiger partial charge in [-0.1, -0.05) is 30.3 Å². The van der Waals surface area contributed by atoms with Gasteiger partial charge in [0.15, 0.2) is 5.78 Å². The van der Waals surface area contributed by atoms with Crippen LogP contribution in [0.5, 0.6) is 0 Å². The van der Waals surface area contributed by atoms with E-state index in [-0.39, 0.29) is 11.7 Å². The van der Waals surface area contributed by atoms with Crippen LogP contribution in [0.15, 0.2) is 51.7 Å². The lowest BCUT2D eigenvalue weighted by atomic mass is 9.85. The molecule has 1 aliphatic carbocycles. The molecule has 0 spiro atoms. The molecule has 4 rings (SSSR count). The molecule has 1 fully saturated rings. The molecule has 0 bridgehead atoms. The molecule has 2 heterocycles. The fraction of sp³-hybridized carbons (Fsp3) is 0.389. The quantitative estimate of drug-likeness (QED) is 0.638. The molecule has 5 heteroatoms. The highest BCUT2D eigenvalue weighted by Gasteiger charge is 2.36. The number of fused-ring (bicyclic) bond motifs is 1. The largest absolute Gasteiger partial charge is 0.355 e. The average molecular weight is 308 g/mol. The van der Waals surface area contributed by atoms with Crippen LogP contribution in [0.2, 0.25) is 0 Å². The highest BCUT2D eigenvalue weighted by molar-refractivity contribution is 6.16. The Kier molecular flexibility index (Phi) is 3.48. The van der Waals surface area contributed by atoms with Crippen LogP contribution in [0.1, 0.15) is 37.2 Å². The number of carbonyl (C=O) groups excluding carboxylic acids is 1. The summed E-state index contributed by atoms with van der Waals surface area (Å²) in [5, 5.41) is 3.89. The summed E-state index contributed by atoms with van der Waals surface area (Å²) in [4.78, 5) is 19.4. The van der Waals surface area contributed by atoms with Crippen LogP contribution in [0.4, 0.5) is 0 Å². The van der Waals surface area contributed by atoms with Gasteiger partial charge < -0.3 is 10.7 Å². The fourth-order valence-corrected chi connectivity index (χ4v) is 3.81. The Morgan fingerprint density at radius 1 is 1.22 bits per heavy atom. The maximum atomic E-state index is 12.3. The van der Waals surface area contributed by atoms with Gasteiger partial charge in [0.25, 0.3) is 0 Å². The van der Waals surface area contributed by atoms with Crippen molar-refractivity contribution in [2.45, 2.75) is 31.6 Å². The molecule has 0 radical (unpaired) electrons. The molecule has 118 valence electrons. The van der Waals surface area contributed by atoms with Crippen molar-refractivity contribution >= 4 is 17.3 Å². The Morgan fingerprint density at radius 2 is 2.04 bits per heavy atom. The van der Waals surface area contributed by atoms with E-state index in [1.807, 2.05) is 6.07 Å². The molecule has 1 atom stereocenters. The van der Waals surface area contributed by atoms with Gasteiger partial charge in [0.1, 0.15) is 11.5 Å². The van der Waals surface area contributed by atoms with Crippen LogP contribution in [0, 0.1) is 0 Å². The lowest BCUT2D eigenvalue weighted by molar-refractivity contribution is -0.115. The molecule has 3 aliphatic rings. The number of hydrazone groups is 1. The zero-order chi connectivity index (χ0) is 15.8. The Bertz CT molecular complexity index is 733. The highest BCUT2D eigenvalue weighted by Crippen LogP contribution is 2.35. The van der Waals surface area contributed by atoms with E-state index < -0.39 is 0 Å². The van der Waals surface area contributed by atoms with Crippen LogP contribution < -0.4 is 5.84 Å². The summed E-state index contributed by atoms with van der Waals surface area (Å²) in [6, 6.07) is 10.5. The first-order valence-corrected chi connectivity index (χ1v) is 8.20. The first-order chi connectivity index (χ1) is 11.3. The molecule has 1 saturated heterocycles. The number of amidine groups is 1. The average Bonchev–Trinajstić information content (AvgIpc) is 2.61. The maximum Gasteiger partial charge on any atom is 0.182 e. The van der Waals surface area contributed by atoms with Gasteiger partial charge in [-0.3, -0.25) is 4.79 Å². The van der Waals surface area contributed by atoms with Gasteiger partial charge in [0.05, 0.1) is 5.71 Å². The van der Waals surface area contributed by atoms with Gasteiger partial charge in [0.2, 0.25) is 0 Å². The normalized spacial score (nSPS) is 26.0. The van der Waals surface area contributed by atoms with Gasteiger partial charge >= 0.3 is 0 Å². The molecule has 1 unspecified atom stereocenters. The summed E-state index contributed by atoms with van der Waals surface area (Å²) in [5.41, 5.74) is 3.64. The van der Waals surface area contributed by atoms with E-state index >= 15 is 0 Å². The first kappa shape index (κ1) is 14.2. The number of nitrogens with zero attached hydrogens (tertiary/aromatic N) is 3. The van der Waals surface area contributed by atoms with Crippen LogP contribution in [-0.2, 0) is 4.79 Å². The third-order valence-corrected chi connectivity index (χ3v) is 4.98. The van der Waals surface area contributed by atoms with Gasteiger partial charge in [-0.2, -0.15) is 5.10 Å². The molecule has 2 aliphatic heterocycles. The van der Waals surface area contributed by atoms with E-state index in [1.165, 1.54) is 5.56 Å². The summed E-state index contributed by atoms with van der Waals surface area (Å²) in [7, 11) is 0. The molecule has 0 aromatic heterocycles. The van der Waals surface area contributed by atoms with Crippen molar-refractivity contribution in [1.29, 1.82) is 0 Å². The number of allylic oxidation sites excluding steroid dienone is 1. The van der Waals surface area contributed by atoms with Crippen molar-refractivity contribution in [3.05, 3.63) is 47.2 Å². The molecule has 23 heavy (non-hydrogen) atoms. The molecule has 1 aromatic carbocycles. The zero-order valence-electron chi connectivity index (χ0n) is 13.0. The van der Waals surface area contributed by atoms with Crippen LogP contribution in [-0.4, -0.2) is 35.3 Å². The molecule has 1 aromatic rings. The fourth-order valence-electron chi connectivity index (χ4n) is 3.81. The van der Waals surface area contributed by atoms with E-state index in [9.17, 15) is 4.79 Å². The SMILES string of the molecule is NN=C1CCC(=O)C2=C1CN1CCCC(c3ccccc3)C1=N2. The molecular formula is C18H20N4O. The van der Waals surface area contributed by atoms with E-state index in [1.54, 1.807) is 0 Å². The minimum atomic E-state index is 0.122. The smallest absolute Gasteiger partial charge is 0.182 e. The third-order valence-electron chi connectivity index (χ3n) is 4.98. The number of benzene rings is 1. The number of carbonyl (C=O) groups is 1. The monoisotopic (exact) mass is 308 g/mol. The Hall–Kier alpha value is -2.43.